The molecule has 7 nitrogen and oxygen atoms in total. The number of pyridine rings is 1. The van der Waals surface area contributed by atoms with Gasteiger partial charge in [0.25, 0.3) is 0 Å². The molecule has 0 fully saturated rings. The second-order valence-corrected chi connectivity index (χ2v) is 4.35. The third kappa shape index (κ3) is 4.27. The minimum atomic E-state index is -0.0162. The summed E-state index contributed by atoms with van der Waals surface area (Å²) in [5.74, 6) is 0.953. The molecule has 0 amide bonds. The molecule has 0 aliphatic rings. The van der Waals surface area contributed by atoms with Gasteiger partial charge in [0.05, 0.1) is 18.3 Å². The van der Waals surface area contributed by atoms with E-state index in [4.69, 9.17) is 4.74 Å². The van der Waals surface area contributed by atoms with E-state index < -0.39 is 0 Å². The van der Waals surface area contributed by atoms with E-state index in [9.17, 15) is 0 Å². The highest BCUT2D eigenvalue weighted by atomic mass is 16.5. The minimum absolute atomic E-state index is 0.0162. The lowest BCUT2D eigenvalue weighted by Gasteiger charge is -2.14. The Morgan fingerprint density at radius 2 is 1.95 bits per heavy atom. The Hall–Kier alpha value is -2.44. The van der Waals surface area contributed by atoms with Crippen molar-refractivity contribution in [3.05, 3.63) is 30.1 Å². The van der Waals surface area contributed by atoms with Gasteiger partial charge in [-0.2, -0.15) is 15.0 Å². The van der Waals surface area contributed by atoms with Gasteiger partial charge in [0, 0.05) is 12.7 Å². The van der Waals surface area contributed by atoms with Gasteiger partial charge in [-0.25, -0.2) is 0 Å². The Balaban J connectivity index is 2.18. The summed E-state index contributed by atoms with van der Waals surface area (Å²) in [5, 5.41) is 6.27. The van der Waals surface area contributed by atoms with Crippen molar-refractivity contribution in [2.75, 3.05) is 23.8 Å². The second-order valence-electron chi connectivity index (χ2n) is 4.35. The van der Waals surface area contributed by atoms with E-state index in [1.807, 2.05) is 39.0 Å². The van der Waals surface area contributed by atoms with Crippen LogP contribution in [0.2, 0.25) is 0 Å². The van der Waals surface area contributed by atoms with Gasteiger partial charge >= 0.3 is 6.01 Å². The normalized spacial score (nSPS) is 11.8. The lowest BCUT2D eigenvalue weighted by molar-refractivity contribution is 0.312. The van der Waals surface area contributed by atoms with Crippen LogP contribution in [0.3, 0.4) is 0 Å². The summed E-state index contributed by atoms with van der Waals surface area (Å²) in [7, 11) is 0. The average molecular weight is 288 g/mol. The van der Waals surface area contributed by atoms with Crippen LogP contribution in [0.15, 0.2) is 24.4 Å². The molecule has 0 aliphatic heterocycles. The molecule has 0 spiro atoms. The molecule has 7 heteroatoms. The fourth-order valence-corrected chi connectivity index (χ4v) is 1.75. The fourth-order valence-electron chi connectivity index (χ4n) is 1.75. The van der Waals surface area contributed by atoms with E-state index in [2.05, 4.69) is 30.6 Å². The van der Waals surface area contributed by atoms with Crippen LogP contribution in [0.25, 0.3) is 0 Å². The SMILES string of the molecule is CCNc1nc(NC(C)c2ccccn2)nc(OCC)n1. The van der Waals surface area contributed by atoms with Gasteiger partial charge in [-0.15, -0.1) is 0 Å². The maximum Gasteiger partial charge on any atom is 0.323 e. The molecule has 2 aromatic rings. The monoisotopic (exact) mass is 288 g/mol. The molecule has 2 N–H and O–H groups in total. The van der Waals surface area contributed by atoms with Crippen molar-refractivity contribution in [3.63, 3.8) is 0 Å². The molecule has 2 rings (SSSR count). The fraction of sp³-hybridized carbons (Fsp3) is 0.429. The van der Waals surface area contributed by atoms with Gasteiger partial charge in [-0.3, -0.25) is 4.98 Å². The van der Waals surface area contributed by atoms with Crippen LogP contribution < -0.4 is 15.4 Å². The number of aromatic nitrogens is 4. The van der Waals surface area contributed by atoms with E-state index in [-0.39, 0.29) is 6.04 Å². The predicted octanol–water partition coefficient (Wildman–Crippen LogP) is 2.27. The molecule has 0 bridgehead atoms. The Morgan fingerprint density at radius 1 is 1.14 bits per heavy atom. The first kappa shape index (κ1) is 15.0. The predicted molar refractivity (Wildman–Crippen MR) is 81.4 cm³/mol. The zero-order chi connectivity index (χ0) is 15.1. The van der Waals surface area contributed by atoms with Crippen LogP contribution in [0.1, 0.15) is 32.5 Å². The summed E-state index contributed by atoms with van der Waals surface area (Å²) in [6.45, 7) is 7.10. The first-order valence-corrected chi connectivity index (χ1v) is 7.03. The highest BCUT2D eigenvalue weighted by Crippen LogP contribution is 2.17. The van der Waals surface area contributed by atoms with E-state index in [0.29, 0.717) is 24.5 Å². The molecular formula is C14H20N6O. The average Bonchev–Trinajstić information content (AvgIpc) is 2.48. The summed E-state index contributed by atoms with van der Waals surface area (Å²) < 4.78 is 5.36. The summed E-state index contributed by atoms with van der Waals surface area (Å²) in [6, 6.07) is 6.07. The van der Waals surface area contributed by atoms with Crippen molar-refractivity contribution in [1.82, 2.24) is 19.9 Å². The van der Waals surface area contributed by atoms with Gasteiger partial charge in [-0.1, -0.05) is 6.07 Å². The molecule has 112 valence electrons. The van der Waals surface area contributed by atoms with Crippen molar-refractivity contribution in [1.29, 1.82) is 0 Å². The quantitative estimate of drug-likeness (QED) is 0.808. The van der Waals surface area contributed by atoms with E-state index in [0.717, 1.165) is 12.2 Å². The first-order valence-electron chi connectivity index (χ1n) is 7.03. The molecule has 0 saturated carbocycles. The summed E-state index contributed by atoms with van der Waals surface area (Å²) in [4.78, 5) is 17.1. The molecule has 0 radical (unpaired) electrons. The van der Waals surface area contributed by atoms with Gasteiger partial charge in [0.2, 0.25) is 11.9 Å². The molecule has 2 heterocycles. The number of nitrogens with one attached hydrogen (secondary N) is 2. The molecule has 0 saturated heterocycles. The maximum absolute atomic E-state index is 5.36. The molecule has 1 unspecified atom stereocenters. The van der Waals surface area contributed by atoms with Crippen LogP contribution in [0, 0.1) is 0 Å². The molecule has 1 atom stereocenters. The molecule has 0 aliphatic carbocycles. The number of anilines is 2. The lowest BCUT2D eigenvalue weighted by Crippen LogP contribution is -2.14. The van der Waals surface area contributed by atoms with Gasteiger partial charge in [0.1, 0.15) is 0 Å². The number of nitrogens with zero attached hydrogens (tertiary/aromatic N) is 4. The third-order valence-electron chi connectivity index (χ3n) is 2.70. The largest absolute Gasteiger partial charge is 0.464 e. The van der Waals surface area contributed by atoms with Crippen LogP contribution in [-0.4, -0.2) is 33.1 Å². The maximum atomic E-state index is 5.36. The highest BCUT2D eigenvalue weighted by molar-refractivity contribution is 5.37. The number of ether oxygens (including phenoxy) is 1. The molecule has 2 aromatic heterocycles. The molecular weight excluding hydrogens is 268 g/mol. The van der Waals surface area contributed by atoms with E-state index in [1.54, 1.807) is 6.20 Å². The van der Waals surface area contributed by atoms with Crippen LogP contribution in [0.5, 0.6) is 6.01 Å². The van der Waals surface area contributed by atoms with E-state index >= 15 is 0 Å². The second kappa shape index (κ2) is 7.37. The summed E-state index contributed by atoms with van der Waals surface area (Å²) in [6.07, 6.45) is 1.76. The lowest BCUT2D eigenvalue weighted by atomic mass is 10.2. The Bertz CT molecular complexity index is 538. The van der Waals surface area contributed by atoms with Crippen molar-refractivity contribution in [2.45, 2.75) is 26.8 Å². The Kier molecular flexibility index (Phi) is 5.25. The zero-order valence-corrected chi connectivity index (χ0v) is 12.5. The van der Waals surface area contributed by atoms with Crippen LogP contribution in [-0.2, 0) is 0 Å². The summed E-state index contributed by atoms with van der Waals surface area (Å²) in [5.41, 5.74) is 0.917. The van der Waals surface area contributed by atoms with Gasteiger partial charge < -0.3 is 15.4 Å². The van der Waals surface area contributed by atoms with Crippen molar-refractivity contribution in [3.8, 4) is 6.01 Å². The van der Waals surface area contributed by atoms with Gasteiger partial charge in [-0.05, 0) is 32.9 Å². The Labute approximate surface area is 124 Å². The first-order chi connectivity index (χ1) is 10.2. The number of rotatable bonds is 7. The minimum Gasteiger partial charge on any atom is -0.464 e. The topological polar surface area (TPSA) is 84.9 Å². The van der Waals surface area contributed by atoms with Gasteiger partial charge in [0.15, 0.2) is 0 Å². The smallest absolute Gasteiger partial charge is 0.323 e. The molecule has 21 heavy (non-hydrogen) atoms. The summed E-state index contributed by atoms with van der Waals surface area (Å²) >= 11 is 0. The van der Waals surface area contributed by atoms with Crippen molar-refractivity contribution < 1.29 is 4.74 Å². The van der Waals surface area contributed by atoms with E-state index in [1.165, 1.54) is 0 Å². The Morgan fingerprint density at radius 3 is 2.62 bits per heavy atom. The van der Waals surface area contributed by atoms with Crippen LogP contribution in [0.4, 0.5) is 11.9 Å². The zero-order valence-electron chi connectivity index (χ0n) is 12.5. The van der Waals surface area contributed by atoms with Crippen molar-refractivity contribution >= 4 is 11.9 Å². The third-order valence-corrected chi connectivity index (χ3v) is 2.70. The van der Waals surface area contributed by atoms with Crippen LogP contribution >= 0.6 is 0 Å². The highest BCUT2D eigenvalue weighted by Gasteiger charge is 2.11. The standard InChI is InChI=1S/C14H20N6O/c1-4-15-12-18-13(20-14(19-12)21-5-2)17-10(3)11-8-6-7-9-16-11/h6-10H,4-5H2,1-3H3,(H2,15,17,18,19,20). The number of hydrogen-bond acceptors (Lipinski definition) is 7. The van der Waals surface area contributed by atoms with Crippen molar-refractivity contribution in [2.24, 2.45) is 0 Å². The number of hydrogen-bond donors (Lipinski definition) is 2. The molecule has 0 aromatic carbocycles.